The fraction of sp³-hybridized carbons (Fsp3) is 0.190. The van der Waals surface area contributed by atoms with Crippen molar-refractivity contribution in [3.05, 3.63) is 71.7 Å². The van der Waals surface area contributed by atoms with Crippen molar-refractivity contribution in [3.8, 4) is 5.75 Å². The largest absolute Gasteiger partial charge is 0.484 e. The van der Waals surface area contributed by atoms with E-state index in [1.807, 2.05) is 69.3 Å². The minimum atomic E-state index is -0.208. The van der Waals surface area contributed by atoms with Crippen molar-refractivity contribution >= 4 is 23.1 Å². The zero-order valence-corrected chi connectivity index (χ0v) is 15.6. The van der Waals surface area contributed by atoms with Gasteiger partial charge in [0.1, 0.15) is 17.9 Å². The zero-order valence-electron chi connectivity index (χ0n) is 15.6. The van der Waals surface area contributed by atoms with Gasteiger partial charge >= 0.3 is 0 Å². The third-order valence-corrected chi connectivity index (χ3v) is 4.09. The van der Waals surface area contributed by atoms with E-state index in [-0.39, 0.29) is 12.5 Å². The van der Waals surface area contributed by atoms with E-state index in [1.54, 1.807) is 0 Å². The Bertz CT molecular complexity index is 939. The predicted molar refractivity (Wildman–Crippen MR) is 107 cm³/mol. The zero-order chi connectivity index (χ0) is 19.2. The summed E-state index contributed by atoms with van der Waals surface area (Å²) in [5.41, 5.74) is 4.79. The smallest absolute Gasteiger partial charge is 0.262 e. The van der Waals surface area contributed by atoms with Crippen molar-refractivity contribution in [1.82, 2.24) is 9.97 Å². The predicted octanol–water partition coefficient (Wildman–Crippen LogP) is 4.16. The first-order chi connectivity index (χ1) is 13.0. The van der Waals surface area contributed by atoms with Gasteiger partial charge in [-0.3, -0.25) is 4.79 Å². The molecule has 0 radical (unpaired) electrons. The number of rotatable bonds is 6. The molecule has 0 saturated heterocycles. The van der Waals surface area contributed by atoms with E-state index in [4.69, 9.17) is 4.74 Å². The lowest BCUT2D eigenvalue weighted by molar-refractivity contribution is -0.118. The molecule has 1 amide bonds. The molecule has 0 aliphatic rings. The number of aryl methyl sites for hydroxylation is 3. The Morgan fingerprint density at radius 1 is 0.926 bits per heavy atom. The van der Waals surface area contributed by atoms with E-state index in [1.165, 1.54) is 11.9 Å². The fourth-order valence-corrected chi connectivity index (χ4v) is 2.46. The van der Waals surface area contributed by atoms with Gasteiger partial charge in [-0.1, -0.05) is 6.07 Å². The highest BCUT2D eigenvalue weighted by Crippen LogP contribution is 2.18. The Hall–Kier alpha value is -3.41. The summed E-state index contributed by atoms with van der Waals surface area (Å²) >= 11 is 0. The number of benzene rings is 2. The summed E-state index contributed by atoms with van der Waals surface area (Å²) in [4.78, 5) is 20.3. The Balaban J connectivity index is 1.52. The first-order valence-electron chi connectivity index (χ1n) is 8.65. The van der Waals surface area contributed by atoms with Gasteiger partial charge in [0.05, 0.1) is 0 Å². The number of nitrogens with zero attached hydrogens (tertiary/aromatic N) is 2. The molecule has 0 fully saturated rings. The SMILES string of the molecule is Cc1cc(Nc2ccc(NC(=O)COc3ccc(C)c(C)c3)cc2)ncn1. The molecule has 0 saturated carbocycles. The molecular formula is C21H22N4O2. The first kappa shape index (κ1) is 18.4. The molecule has 1 heterocycles. The van der Waals surface area contributed by atoms with Crippen molar-refractivity contribution in [2.45, 2.75) is 20.8 Å². The quantitative estimate of drug-likeness (QED) is 0.688. The van der Waals surface area contributed by atoms with E-state index in [0.29, 0.717) is 11.4 Å². The van der Waals surface area contributed by atoms with Gasteiger partial charge in [0.15, 0.2) is 6.61 Å². The van der Waals surface area contributed by atoms with E-state index in [9.17, 15) is 4.79 Å². The van der Waals surface area contributed by atoms with E-state index in [2.05, 4.69) is 20.6 Å². The number of carbonyl (C=O) groups excluding carboxylic acids is 1. The molecule has 1 aromatic heterocycles. The number of hydrogen-bond acceptors (Lipinski definition) is 5. The summed E-state index contributed by atoms with van der Waals surface area (Å²) in [6.07, 6.45) is 1.52. The second kappa shape index (κ2) is 8.31. The van der Waals surface area contributed by atoms with E-state index in [0.717, 1.165) is 22.8 Å². The minimum absolute atomic E-state index is 0.0390. The Kier molecular flexibility index (Phi) is 5.66. The van der Waals surface area contributed by atoms with Crippen LogP contribution in [-0.2, 0) is 4.79 Å². The maximum atomic E-state index is 12.1. The Labute approximate surface area is 158 Å². The molecule has 0 bridgehead atoms. The fourth-order valence-electron chi connectivity index (χ4n) is 2.46. The van der Waals surface area contributed by atoms with Crippen LogP contribution >= 0.6 is 0 Å². The third kappa shape index (κ3) is 5.28. The van der Waals surface area contributed by atoms with Gasteiger partial charge in [0.2, 0.25) is 0 Å². The van der Waals surface area contributed by atoms with Gasteiger partial charge in [-0.15, -0.1) is 0 Å². The number of carbonyl (C=O) groups is 1. The second-order valence-corrected chi connectivity index (χ2v) is 6.33. The van der Waals surface area contributed by atoms with Crippen molar-refractivity contribution < 1.29 is 9.53 Å². The molecule has 6 nitrogen and oxygen atoms in total. The van der Waals surface area contributed by atoms with Crippen molar-refractivity contribution in [2.75, 3.05) is 17.2 Å². The molecular weight excluding hydrogens is 340 g/mol. The standard InChI is InChI=1S/C21H22N4O2/c1-14-4-9-19(10-15(14)2)27-12-21(26)25-18-7-5-17(6-8-18)24-20-11-16(3)22-13-23-20/h4-11,13H,12H2,1-3H3,(H,25,26)(H,22,23,24). The van der Waals surface area contributed by atoms with Crippen LogP contribution in [-0.4, -0.2) is 22.5 Å². The normalized spacial score (nSPS) is 10.3. The highest BCUT2D eigenvalue weighted by Gasteiger charge is 2.05. The molecule has 0 aliphatic heterocycles. The number of aromatic nitrogens is 2. The van der Waals surface area contributed by atoms with Gasteiger partial charge in [-0.2, -0.15) is 0 Å². The van der Waals surface area contributed by atoms with Crippen LogP contribution in [0.2, 0.25) is 0 Å². The number of ether oxygens (including phenoxy) is 1. The lowest BCUT2D eigenvalue weighted by Crippen LogP contribution is -2.20. The van der Waals surface area contributed by atoms with Gasteiger partial charge < -0.3 is 15.4 Å². The van der Waals surface area contributed by atoms with Crippen LogP contribution < -0.4 is 15.4 Å². The molecule has 6 heteroatoms. The van der Waals surface area contributed by atoms with Crippen molar-refractivity contribution in [1.29, 1.82) is 0 Å². The molecule has 0 aliphatic carbocycles. The molecule has 2 N–H and O–H groups in total. The van der Waals surface area contributed by atoms with Crippen LogP contribution in [0.25, 0.3) is 0 Å². The lowest BCUT2D eigenvalue weighted by atomic mass is 10.1. The molecule has 2 aromatic carbocycles. The van der Waals surface area contributed by atoms with E-state index < -0.39 is 0 Å². The van der Waals surface area contributed by atoms with Crippen molar-refractivity contribution in [3.63, 3.8) is 0 Å². The molecule has 0 spiro atoms. The lowest BCUT2D eigenvalue weighted by Gasteiger charge is -2.10. The maximum Gasteiger partial charge on any atom is 0.262 e. The van der Waals surface area contributed by atoms with Gasteiger partial charge in [0.25, 0.3) is 5.91 Å². The second-order valence-electron chi connectivity index (χ2n) is 6.33. The summed E-state index contributed by atoms with van der Waals surface area (Å²) in [6, 6.07) is 15.0. The summed E-state index contributed by atoms with van der Waals surface area (Å²) in [5.74, 6) is 1.20. The Morgan fingerprint density at radius 3 is 2.37 bits per heavy atom. The number of amides is 1. The van der Waals surface area contributed by atoms with E-state index >= 15 is 0 Å². The Morgan fingerprint density at radius 2 is 1.67 bits per heavy atom. The highest BCUT2D eigenvalue weighted by atomic mass is 16.5. The molecule has 0 atom stereocenters. The molecule has 3 rings (SSSR count). The molecule has 3 aromatic rings. The van der Waals surface area contributed by atoms with Crippen LogP contribution in [0.15, 0.2) is 54.9 Å². The number of anilines is 3. The van der Waals surface area contributed by atoms with Crippen LogP contribution in [0, 0.1) is 20.8 Å². The van der Waals surface area contributed by atoms with Crippen LogP contribution in [0.1, 0.15) is 16.8 Å². The van der Waals surface area contributed by atoms with Crippen LogP contribution in [0.5, 0.6) is 5.75 Å². The first-order valence-corrected chi connectivity index (χ1v) is 8.65. The monoisotopic (exact) mass is 362 g/mol. The van der Waals surface area contributed by atoms with Crippen LogP contribution in [0.3, 0.4) is 0 Å². The molecule has 27 heavy (non-hydrogen) atoms. The third-order valence-electron chi connectivity index (χ3n) is 4.09. The number of nitrogens with one attached hydrogen (secondary N) is 2. The van der Waals surface area contributed by atoms with Gasteiger partial charge in [-0.25, -0.2) is 9.97 Å². The topological polar surface area (TPSA) is 76.1 Å². The molecule has 138 valence electrons. The van der Waals surface area contributed by atoms with Gasteiger partial charge in [0, 0.05) is 23.1 Å². The average molecular weight is 362 g/mol. The van der Waals surface area contributed by atoms with Gasteiger partial charge in [-0.05, 0) is 68.3 Å². The highest BCUT2D eigenvalue weighted by molar-refractivity contribution is 5.92. The number of hydrogen-bond donors (Lipinski definition) is 2. The van der Waals surface area contributed by atoms with Crippen molar-refractivity contribution in [2.24, 2.45) is 0 Å². The molecule has 0 unspecified atom stereocenters. The average Bonchev–Trinajstić information content (AvgIpc) is 2.64. The summed E-state index contributed by atoms with van der Waals surface area (Å²) in [5, 5.41) is 6.01. The van der Waals surface area contributed by atoms with Crippen LogP contribution in [0.4, 0.5) is 17.2 Å². The summed E-state index contributed by atoms with van der Waals surface area (Å²) < 4.78 is 5.55. The summed E-state index contributed by atoms with van der Waals surface area (Å²) in [7, 11) is 0. The minimum Gasteiger partial charge on any atom is -0.484 e. The summed E-state index contributed by atoms with van der Waals surface area (Å²) in [6.45, 7) is 5.92. The maximum absolute atomic E-state index is 12.1.